The number of carbonyl (C=O) groups is 1. The van der Waals surface area contributed by atoms with E-state index in [1.165, 1.54) is 0 Å². The number of hydrogen-bond donors (Lipinski definition) is 1. The summed E-state index contributed by atoms with van der Waals surface area (Å²) in [7, 11) is 1.56. The Hall–Kier alpha value is -1.62. The lowest BCUT2D eigenvalue weighted by molar-refractivity contribution is -0.140. The Morgan fingerprint density at radius 1 is 1.43 bits per heavy atom. The van der Waals surface area contributed by atoms with Crippen LogP contribution >= 0.6 is 0 Å². The third-order valence-electron chi connectivity index (χ3n) is 3.26. The van der Waals surface area contributed by atoms with Crippen LogP contribution in [0.15, 0.2) is 12.1 Å². The summed E-state index contributed by atoms with van der Waals surface area (Å²) in [5, 5.41) is 2.91. The summed E-state index contributed by atoms with van der Waals surface area (Å²) in [5.74, 6) is 0.746. The van der Waals surface area contributed by atoms with Gasteiger partial charge in [0.05, 0.1) is 18.5 Å². The topological polar surface area (TPSA) is 60.5 Å². The van der Waals surface area contributed by atoms with Gasteiger partial charge in [-0.3, -0.25) is 4.79 Å². The van der Waals surface area contributed by atoms with Gasteiger partial charge in [0.2, 0.25) is 5.88 Å². The molecule has 21 heavy (non-hydrogen) atoms. The van der Waals surface area contributed by atoms with Crippen molar-refractivity contribution in [2.45, 2.75) is 46.6 Å². The van der Waals surface area contributed by atoms with E-state index < -0.39 is 5.60 Å². The Morgan fingerprint density at radius 2 is 2.10 bits per heavy atom. The molecule has 1 aromatic rings. The van der Waals surface area contributed by atoms with Crippen LogP contribution < -0.4 is 10.1 Å². The van der Waals surface area contributed by atoms with Gasteiger partial charge in [0.25, 0.3) is 5.91 Å². The van der Waals surface area contributed by atoms with Crippen molar-refractivity contribution in [3.8, 4) is 5.88 Å². The highest BCUT2D eigenvalue weighted by Gasteiger charge is 2.34. The first-order chi connectivity index (χ1) is 9.82. The maximum absolute atomic E-state index is 12.6. The second kappa shape index (κ2) is 7.41. The number of aryl methyl sites for hydroxylation is 1. The van der Waals surface area contributed by atoms with Gasteiger partial charge in [0.1, 0.15) is 5.60 Å². The number of aromatic nitrogens is 1. The molecule has 1 heterocycles. The molecule has 0 unspecified atom stereocenters. The molecule has 0 aliphatic carbocycles. The Bertz CT molecular complexity index is 488. The molecule has 0 radical (unpaired) electrons. The zero-order valence-corrected chi connectivity index (χ0v) is 13.8. The molecule has 0 spiro atoms. The lowest BCUT2D eigenvalue weighted by Crippen LogP contribution is -2.44. The number of ether oxygens (including phenoxy) is 2. The zero-order chi connectivity index (χ0) is 16.0. The van der Waals surface area contributed by atoms with Crippen LogP contribution in [0, 0.1) is 12.8 Å². The molecule has 0 saturated heterocycles. The average Bonchev–Trinajstić information content (AvgIpc) is 2.40. The van der Waals surface area contributed by atoms with E-state index >= 15 is 0 Å². The number of rotatable bonds is 7. The second-order valence-corrected chi connectivity index (χ2v) is 5.70. The van der Waals surface area contributed by atoms with E-state index in [-0.39, 0.29) is 5.91 Å². The van der Waals surface area contributed by atoms with E-state index in [4.69, 9.17) is 9.47 Å². The summed E-state index contributed by atoms with van der Waals surface area (Å²) in [4.78, 5) is 16.8. The molecule has 0 fully saturated rings. The fraction of sp³-hybridized carbons (Fsp3) is 0.625. The van der Waals surface area contributed by atoms with E-state index in [0.717, 1.165) is 0 Å². The van der Waals surface area contributed by atoms with Gasteiger partial charge in [-0.25, -0.2) is 4.98 Å². The smallest absolute Gasteiger partial charge is 0.256 e. The molecule has 0 aliphatic heterocycles. The molecule has 1 rings (SSSR count). The van der Waals surface area contributed by atoms with Crippen molar-refractivity contribution in [2.75, 3.05) is 19.0 Å². The van der Waals surface area contributed by atoms with Crippen LogP contribution in [0.4, 0.5) is 5.69 Å². The van der Waals surface area contributed by atoms with Gasteiger partial charge in [-0.15, -0.1) is 0 Å². The number of nitrogens with one attached hydrogen (secondary N) is 1. The normalized spacial score (nSPS) is 13.9. The van der Waals surface area contributed by atoms with E-state index in [1.54, 1.807) is 19.2 Å². The number of carbonyl (C=O) groups excluding carboxylic acids is 1. The average molecular weight is 294 g/mol. The molecular formula is C16H26N2O3. The van der Waals surface area contributed by atoms with Gasteiger partial charge in [-0.2, -0.15) is 0 Å². The number of amides is 1. The number of nitrogens with zero attached hydrogens (tertiary/aromatic N) is 1. The zero-order valence-electron chi connectivity index (χ0n) is 13.8. The van der Waals surface area contributed by atoms with Crippen molar-refractivity contribution in [1.29, 1.82) is 0 Å². The highest BCUT2D eigenvalue weighted by molar-refractivity contribution is 5.97. The second-order valence-electron chi connectivity index (χ2n) is 5.70. The molecule has 5 heteroatoms. The predicted octanol–water partition coefficient (Wildman–Crippen LogP) is 3.18. The van der Waals surface area contributed by atoms with Gasteiger partial charge in [-0.1, -0.05) is 13.8 Å². The Morgan fingerprint density at radius 3 is 2.57 bits per heavy atom. The molecule has 0 bridgehead atoms. The van der Waals surface area contributed by atoms with Gasteiger partial charge in [0.15, 0.2) is 0 Å². The fourth-order valence-electron chi connectivity index (χ4n) is 2.35. The summed E-state index contributed by atoms with van der Waals surface area (Å²) in [6.07, 6.45) is 0.662. The SMILES string of the molecule is CCO[C@](C)(CC(C)C)C(=O)Nc1ccc(OC)nc1C. The van der Waals surface area contributed by atoms with Gasteiger partial charge < -0.3 is 14.8 Å². The summed E-state index contributed by atoms with van der Waals surface area (Å²) in [6, 6.07) is 3.52. The fourth-order valence-corrected chi connectivity index (χ4v) is 2.35. The minimum Gasteiger partial charge on any atom is -0.481 e. The Balaban J connectivity index is 2.91. The van der Waals surface area contributed by atoms with Gasteiger partial charge >= 0.3 is 0 Å². The van der Waals surface area contributed by atoms with E-state index in [2.05, 4.69) is 24.1 Å². The maximum atomic E-state index is 12.6. The van der Waals surface area contributed by atoms with Crippen molar-refractivity contribution in [2.24, 2.45) is 5.92 Å². The van der Waals surface area contributed by atoms with Gasteiger partial charge in [-0.05, 0) is 39.2 Å². The van der Waals surface area contributed by atoms with Crippen LogP contribution in [0.5, 0.6) is 5.88 Å². The highest BCUT2D eigenvalue weighted by atomic mass is 16.5. The van der Waals surface area contributed by atoms with Crippen LogP contribution in [-0.2, 0) is 9.53 Å². The molecule has 118 valence electrons. The number of anilines is 1. The summed E-state index contributed by atoms with van der Waals surface area (Å²) >= 11 is 0. The Labute approximate surface area is 127 Å². The molecule has 5 nitrogen and oxygen atoms in total. The quantitative estimate of drug-likeness (QED) is 0.839. The van der Waals surface area contributed by atoms with Crippen LogP contribution in [0.25, 0.3) is 0 Å². The minimum atomic E-state index is -0.838. The van der Waals surface area contributed by atoms with Gasteiger partial charge in [0, 0.05) is 12.7 Å². The van der Waals surface area contributed by atoms with E-state index in [1.807, 2.05) is 20.8 Å². The standard InChI is InChI=1S/C16H26N2O3/c1-7-21-16(5,10-11(2)3)15(19)18-13-8-9-14(20-6)17-12(13)4/h8-9,11H,7,10H2,1-6H3,(H,18,19)/t16-/m1/s1. The largest absolute Gasteiger partial charge is 0.481 e. The molecular weight excluding hydrogens is 268 g/mol. The lowest BCUT2D eigenvalue weighted by Gasteiger charge is -2.30. The van der Waals surface area contributed by atoms with Crippen molar-refractivity contribution in [3.63, 3.8) is 0 Å². The van der Waals surface area contributed by atoms with Crippen LogP contribution in [0.1, 0.15) is 39.8 Å². The predicted molar refractivity (Wildman–Crippen MR) is 83.6 cm³/mol. The summed E-state index contributed by atoms with van der Waals surface area (Å²) < 4.78 is 10.8. The highest BCUT2D eigenvalue weighted by Crippen LogP contribution is 2.24. The molecule has 0 saturated carbocycles. The number of pyridine rings is 1. The first-order valence-corrected chi connectivity index (χ1v) is 7.29. The van der Waals surface area contributed by atoms with E-state index in [0.29, 0.717) is 36.2 Å². The lowest BCUT2D eigenvalue weighted by atomic mass is 9.93. The molecule has 1 amide bonds. The number of methoxy groups -OCH3 is 1. The van der Waals surface area contributed by atoms with Crippen molar-refractivity contribution in [3.05, 3.63) is 17.8 Å². The first-order valence-electron chi connectivity index (χ1n) is 7.29. The first kappa shape index (κ1) is 17.4. The van der Waals surface area contributed by atoms with Crippen molar-refractivity contribution >= 4 is 11.6 Å². The number of hydrogen-bond acceptors (Lipinski definition) is 4. The molecule has 0 aliphatic rings. The minimum absolute atomic E-state index is 0.145. The third kappa shape index (κ3) is 4.70. The van der Waals surface area contributed by atoms with Crippen LogP contribution in [0.3, 0.4) is 0 Å². The molecule has 1 N–H and O–H groups in total. The molecule has 1 atom stereocenters. The Kier molecular flexibility index (Phi) is 6.15. The third-order valence-corrected chi connectivity index (χ3v) is 3.26. The van der Waals surface area contributed by atoms with Crippen molar-refractivity contribution in [1.82, 2.24) is 4.98 Å². The maximum Gasteiger partial charge on any atom is 0.256 e. The molecule has 0 aromatic carbocycles. The van der Waals surface area contributed by atoms with Crippen molar-refractivity contribution < 1.29 is 14.3 Å². The van der Waals surface area contributed by atoms with Crippen LogP contribution in [0.2, 0.25) is 0 Å². The molecule has 1 aromatic heterocycles. The van der Waals surface area contributed by atoms with Crippen LogP contribution in [-0.4, -0.2) is 30.2 Å². The van der Waals surface area contributed by atoms with E-state index in [9.17, 15) is 4.79 Å². The summed E-state index contributed by atoms with van der Waals surface area (Å²) in [5.41, 5.74) is 0.552. The summed E-state index contributed by atoms with van der Waals surface area (Å²) in [6.45, 7) is 10.2. The monoisotopic (exact) mass is 294 g/mol.